The van der Waals surface area contributed by atoms with E-state index < -0.39 is 10.0 Å². The van der Waals surface area contributed by atoms with E-state index >= 15 is 0 Å². The van der Waals surface area contributed by atoms with Gasteiger partial charge in [0.05, 0.1) is 4.90 Å². The fourth-order valence-corrected chi connectivity index (χ4v) is 3.09. The molecule has 3 aromatic rings. The van der Waals surface area contributed by atoms with Gasteiger partial charge < -0.3 is 4.74 Å². The summed E-state index contributed by atoms with van der Waals surface area (Å²) >= 11 is 0. The van der Waals surface area contributed by atoms with E-state index in [4.69, 9.17) is 4.74 Å². The van der Waals surface area contributed by atoms with Crippen molar-refractivity contribution in [1.82, 2.24) is 0 Å². The van der Waals surface area contributed by atoms with E-state index in [0.29, 0.717) is 17.2 Å². The Hall–Kier alpha value is -2.79. The summed E-state index contributed by atoms with van der Waals surface area (Å²) in [6.07, 6.45) is 0. The Balaban J connectivity index is 1.76. The van der Waals surface area contributed by atoms with E-state index in [9.17, 15) is 8.42 Å². The highest BCUT2D eigenvalue weighted by molar-refractivity contribution is 7.92. The van der Waals surface area contributed by atoms with Crippen LogP contribution in [0.3, 0.4) is 0 Å². The second-order valence-corrected chi connectivity index (χ2v) is 6.54. The summed E-state index contributed by atoms with van der Waals surface area (Å²) in [5.41, 5.74) is 0.525. The molecule has 0 aliphatic carbocycles. The fraction of sp³-hybridized carbons (Fsp3) is 0. The summed E-state index contributed by atoms with van der Waals surface area (Å²) in [6, 6.07) is 24.4. The Morgan fingerprint density at radius 2 is 1.17 bits per heavy atom. The second kappa shape index (κ2) is 6.54. The number of nitrogens with one attached hydrogen (secondary N) is 1. The molecule has 0 radical (unpaired) electrons. The molecule has 3 aromatic carbocycles. The predicted octanol–water partition coefficient (Wildman–Crippen LogP) is 4.28. The highest BCUT2D eigenvalue weighted by Gasteiger charge is 2.14. The van der Waals surface area contributed by atoms with Crippen molar-refractivity contribution in [2.45, 2.75) is 4.90 Å². The molecule has 0 amide bonds. The van der Waals surface area contributed by atoms with Crippen LogP contribution in [0.1, 0.15) is 0 Å². The van der Waals surface area contributed by atoms with Gasteiger partial charge in [0, 0.05) is 5.69 Å². The number of ether oxygens (including phenoxy) is 1. The maximum absolute atomic E-state index is 12.3. The molecule has 4 nitrogen and oxygen atoms in total. The molecule has 0 unspecified atom stereocenters. The first-order chi connectivity index (χ1) is 11.1. The predicted molar refractivity (Wildman–Crippen MR) is 90.2 cm³/mol. The van der Waals surface area contributed by atoms with E-state index in [0.717, 1.165) is 0 Å². The number of hydrogen-bond acceptors (Lipinski definition) is 3. The Labute approximate surface area is 135 Å². The van der Waals surface area contributed by atoms with Gasteiger partial charge in [-0.3, -0.25) is 4.72 Å². The Morgan fingerprint density at radius 1 is 0.652 bits per heavy atom. The first-order valence-corrected chi connectivity index (χ1v) is 8.53. The van der Waals surface area contributed by atoms with Crippen molar-refractivity contribution in [3.63, 3.8) is 0 Å². The number of anilines is 1. The van der Waals surface area contributed by atoms with Crippen molar-refractivity contribution in [2.75, 3.05) is 4.72 Å². The molecule has 0 saturated carbocycles. The molecule has 23 heavy (non-hydrogen) atoms. The number of para-hydroxylation sites is 2. The first-order valence-electron chi connectivity index (χ1n) is 7.04. The molecule has 116 valence electrons. The van der Waals surface area contributed by atoms with Crippen molar-refractivity contribution in [1.29, 1.82) is 0 Å². The zero-order valence-electron chi connectivity index (χ0n) is 12.2. The standard InChI is InChI=1S/C18H15NO3S/c20-23(21,19-15-7-3-1-4-8-15)18-13-11-17(12-14-18)22-16-9-5-2-6-10-16/h1-14,19H. The third-order valence-electron chi connectivity index (χ3n) is 3.14. The van der Waals surface area contributed by atoms with Gasteiger partial charge in [-0.25, -0.2) is 8.42 Å². The molecule has 0 atom stereocenters. The fourth-order valence-electron chi connectivity index (χ4n) is 2.03. The molecule has 5 heteroatoms. The van der Waals surface area contributed by atoms with Crippen LogP contribution < -0.4 is 9.46 Å². The number of benzene rings is 3. The minimum Gasteiger partial charge on any atom is -0.457 e. The van der Waals surface area contributed by atoms with E-state index in [1.165, 1.54) is 12.1 Å². The molecule has 0 aliphatic rings. The van der Waals surface area contributed by atoms with Crippen LogP contribution in [0.4, 0.5) is 5.69 Å². The van der Waals surface area contributed by atoms with Crippen molar-refractivity contribution >= 4 is 15.7 Å². The minimum absolute atomic E-state index is 0.182. The van der Waals surface area contributed by atoms with Crippen LogP contribution in [0.25, 0.3) is 0 Å². The summed E-state index contributed by atoms with van der Waals surface area (Å²) in [5, 5.41) is 0. The second-order valence-electron chi connectivity index (χ2n) is 4.86. The zero-order valence-corrected chi connectivity index (χ0v) is 13.0. The van der Waals surface area contributed by atoms with E-state index in [1.807, 2.05) is 36.4 Å². The first kappa shape index (κ1) is 15.1. The number of rotatable bonds is 5. The van der Waals surface area contributed by atoms with E-state index in [-0.39, 0.29) is 4.90 Å². The van der Waals surface area contributed by atoms with E-state index in [1.54, 1.807) is 36.4 Å². The average Bonchev–Trinajstić information content (AvgIpc) is 2.57. The van der Waals surface area contributed by atoms with Gasteiger partial charge in [0.1, 0.15) is 11.5 Å². The van der Waals surface area contributed by atoms with Gasteiger partial charge in [-0.15, -0.1) is 0 Å². The molecule has 1 N–H and O–H groups in total. The lowest BCUT2D eigenvalue weighted by Crippen LogP contribution is -2.12. The minimum atomic E-state index is -3.61. The molecule has 0 saturated heterocycles. The van der Waals surface area contributed by atoms with Crippen LogP contribution in [-0.4, -0.2) is 8.42 Å². The molecule has 0 heterocycles. The van der Waals surface area contributed by atoms with Gasteiger partial charge in [0.2, 0.25) is 0 Å². The van der Waals surface area contributed by atoms with Crippen LogP contribution in [0, 0.1) is 0 Å². The lowest BCUT2D eigenvalue weighted by molar-refractivity contribution is 0.482. The highest BCUT2D eigenvalue weighted by atomic mass is 32.2. The number of hydrogen-bond donors (Lipinski definition) is 1. The summed E-state index contributed by atoms with van der Waals surface area (Å²) in [7, 11) is -3.61. The third kappa shape index (κ3) is 3.90. The molecule has 0 aliphatic heterocycles. The zero-order chi connectivity index (χ0) is 16.1. The van der Waals surface area contributed by atoms with Gasteiger partial charge in [-0.05, 0) is 48.5 Å². The molecule has 0 fully saturated rings. The van der Waals surface area contributed by atoms with E-state index in [2.05, 4.69) is 4.72 Å². The smallest absolute Gasteiger partial charge is 0.261 e. The molecular weight excluding hydrogens is 310 g/mol. The monoisotopic (exact) mass is 325 g/mol. The van der Waals surface area contributed by atoms with Crippen molar-refractivity contribution in [3.05, 3.63) is 84.9 Å². The average molecular weight is 325 g/mol. The van der Waals surface area contributed by atoms with Crippen molar-refractivity contribution < 1.29 is 13.2 Å². The molecule has 0 spiro atoms. The lowest BCUT2D eigenvalue weighted by atomic mass is 10.3. The van der Waals surface area contributed by atoms with Gasteiger partial charge in [-0.1, -0.05) is 36.4 Å². The summed E-state index contributed by atoms with van der Waals surface area (Å²) in [6.45, 7) is 0. The maximum Gasteiger partial charge on any atom is 0.261 e. The Bertz CT molecular complexity index is 861. The normalized spacial score (nSPS) is 11.0. The van der Waals surface area contributed by atoms with Crippen molar-refractivity contribution in [2.24, 2.45) is 0 Å². The van der Waals surface area contributed by atoms with Crippen LogP contribution in [0.2, 0.25) is 0 Å². The largest absolute Gasteiger partial charge is 0.457 e. The summed E-state index contributed by atoms with van der Waals surface area (Å²) < 4.78 is 32.8. The van der Waals surface area contributed by atoms with Gasteiger partial charge in [0.15, 0.2) is 0 Å². The van der Waals surface area contributed by atoms with Gasteiger partial charge >= 0.3 is 0 Å². The Morgan fingerprint density at radius 3 is 1.78 bits per heavy atom. The van der Waals surface area contributed by atoms with Gasteiger partial charge in [-0.2, -0.15) is 0 Å². The lowest BCUT2D eigenvalue weighted by Gasteiger charge is -2.09. The molecule has 0 bridgehead atoms. The molecular formula is C18H15NO3S. The molecule has 3 rings (SSSR count). The van der Waals surface area contributed by atoms with Crippen LogP contribution >= 0.6 is 0 Å². The quantitative estimate of drug-likeness (QED) is 0.762. The SMILES string of the molecule is O=S(=O)(Nc1ccccc1)c1ccc(Oc2ccccc2)cc1. The highest BCUT2D eigenvalue weighted by Crippen LogP contribution is 2.23. The van der Waals surface area contributed by atoms with Crippen LogP contribution in [0.5, 0.6) is 11.5 Å². The number of sulfonamides is 1. The molecule has 0 aromatic heterocycles. The van der Waals surface area contributed by atoms with Crippen LogP contribution in [-0.2, 0) is 10.0 Å². The van der Waals surface area contributed by atoms with Crippen molar-refractivity contribution in [3.8, 4) is 11.5 Å². The van der Waals surface area contributed by atoms with Crippen LogP contribution in [0.15, 0.2) is 89.8 Å². The Kier molecular flexibility index (Phi) is 4.30. The summed E-state index contributed by atoms with van der Waals surface area (Å²) in [5.74, 6) is 1.28. The van der Waals surface area contributed by atoms with Gasteiger partial charge in [0.25, 0.3) is 10.0 Å². The topological polar surface area (TPSA) is 55.4 Å². The summed E-state index contributed by atoms with van der Waals surface area (Å²) in [4.78, 5) is 0.182. The third-order valence-corrected chi connectivity index (χ3v) is 4.54. The maximum atomic E-state index is 12.3.